The summed E-state index contributed by atoms with van der Waals surface area (Å²) in [4.78, 5) is 2.72. The maximum absolute atomic E-state index is 3.72. The number of likely N-dealkylation sites (tertiary alicyclic amines) is 1. The molecule has 2 fully saturated rings. The molecule has 0 amide bonds. The summed E-state index contributed by atoms with van der Waals surface area (Å²) in [7, 11) is 0. The van der Waals surface area contributed by atoms with E-state index in [1.807, 2.05) is 0 Å². The highest BCUT2D eigenvalue weighted by atomic mass is 15.1. The second-order valence-electron chi connectivity index (χ2n) is 7.20. The Morgan fingerprint density at radius 2 is 1.78 bits per heavy atom. The first-order valence-electron chi connectivity index (χ1n) is 8.05. The Morgan fingerprint density at radius 1 is 1.17 bits per heavy atom. The molecule has 0 aromatic heterocycles. The van der Waals surface area contributed by atoms with Gasteiger partial charge < -0.3 is 10.2 Å². The van der Waals surface area contributed by atoms with Gasteiger partial charge in [-0.1, -0.05) is 33.6 Å². The minimum Gasteiger partial charge on any atom is -0.314 e. The predicted octanol–water partition coefficient (Wildman–Crippen LogP) is 3.28. The van der Waals surface area contributed by atoms with E-state index >= 15 is 0 Å². The smallest absolute Gasteiger partial charge is 0.00501 e. The highest BCUT2D eigenvalue weighted by molar-refractivity contribution is 4.90. The van der Waals surface area contributed by atoms with E-state index in [9.17, 15) is 0 Å². The van der Waals surface area contributed by atoms with Gasteiger partial charge in [0.1, 0.15) is 0 Å². The van der Waals surface area contributed by atoms with Crippen LogP contribution in [0.4, 0.5) is 0 Å². The van der Waals surface area contributed by atoms with Gasteiger partial charge in [0.05, 0.1) is 0 Å². The molecule has 0 radical (unpaired) electrons. The van der Waals surface area contributed by atoms with Gasteiger partial charge in [0, 0.05) is 19.1 Å². The van der Waals surface area contributed by atoms with Gasteiger partial charge >= 0.3 is 0 Å². The molecule has 0 atom stereocenters. The number of hydrogen-bond acceptors (Lipinski definition) is 2. The lowest BCUT2D eigenvalue weighted by Gasteiger charge is -2.42. The largest absolute Gasteiger partial charge is 0.314 e. The molecule has 0 aromatic rings. The van der Waals surface area contributed by atoms with Gasteiger partial charge in [-0.2, -0.15) is 0 Å². The summed E-state index contributed by atoms with van der Waals surface area (Å²) in [6.45, 7) is 12.2. The molecule has 2 rings (SSSR count). The summed E-state index contributed by atoms with van der Waals surface area (Å²) < 4.78 is 0. The fraction of sp³-hybridized carbons (Fsp3) is 1.00. The molecule has 1 heterocycles. The molecule has 18 heavy (non-hydrogen) atoms. The first-order valence-corrected chi connectivity index (χ1v) is 8.05. The first-order chi connectivity index (χ1) is 8.60. The summed E-state index contributed by atoms with van der Waals surface area (Å²) >= 11 is 0. The van der Waals surface area contributed by atoms with Crippen LogP contribution < -0.4 is 5.32 Å². The molecule has 0 bridgehead atoms. The lowest BCUT2D eigenvalue weighted by molar-refractivity contribution is 0.0959. The average Bonchev–Trinajstić information content (AvgIpc) is 2.83. The third-order valence-corrected chi connectivity index (χ3v) is 4.98. The van der Waals surface area contributed by atoms with Gasteiger partial charge in [-0.15, -0.1) is 0 Å². The van der Waals surface area contributed by atoms with Crippen LogP contribution in [0.15, 0.2) is 0 Å². The van der Waals surface area contributed by atoms with Gasteiger partial charge in [0.15, 0.2) is 0 Å². The van der Waals surface area contributed by atoms with Gasteiger partial charge in [-0.25, -0.2) is 0 Å². The minimum atomic E-state index is 0.571. The van der Waals surface area contributed by atoms with E-state index in [1.54, 1.807) is 0 Å². The van der Waals surface area contributed by atoms with E-state index in [2.05, 4.69) is 31.0 Å². The molecule has 106 valence electrons. The molecule has 1 saturated carbocycles. The Balaban J connectivity index is 1.92. The number of hydrogen-bond donors (Lipinski definition) is 1. The fourth-order valence-corrected chi connectivity index (χ4v) is 3.60. The summed E-state index contributed by atoms with van der Waals surface area (Å²) in [6, 6.07) is 0.625. The van der Waals surface area contributed by atoms with Crippen molar-refractivity contribution in [1.29, 1.82) is 0 Å². The van der Waals surface area contributed by atoms with Crippen LogP contribution in [0, 0.1) is 11.3 Å². The predicted molar refractivity (Wildman–Crippen MR) is 78.9 cm³/mol. The zero-order valence-corrected chi connectivity index (χ0v) is 12.7. The van der Waals surface area contributed by atoms with Crippen molar-refractivity contribution in [3.63, 3.8) is 0 Å². The van der Waals surface area contributed by atoms with E-state index < -0.39 is 0 Å². The van der Waals surface area contributed by atoms with Crippen molar-refractivity contribution in [2.24, 2.45) is 11.3 Å². The van der Waals surface area contributed by atoms with Crippen molar-refractivity contribution in [2.45, 2.75) is 65.3 Å². The van der Waals surface area contributed by atoms with Crippen LogP contribution in [-0.4, -0.2) is 37.1 Å². The first kappa shape index (κ1) is 14.3. The SMILES string of the molecule is CC1CCC(CNC(C)C)(CN2CCCC2)CC1. The molecule has 2 heteroatoms. The normalized spacial score (nSPS) is 34.3. The summed E-state index contributed by atoms with van der Waals surface area (Å²) in [5.74, 6) is 0.954. The Morgan fingerprint density at radius 3 is 2.33 bits per heavy atom. The van der Waals surface area contributed by atoms with Crippen LogP contribution in [0.3, 0.4) is 0 Å². The number of nitrogens with one attached hydrogen (secondary N) is 1. The molecule has 0 spiro atoms. The van der Waals surface area contributed by atoms with Gasteiger partial charge in [-0.3, -0.25) is 0 Å². The lowest BCUT2D eigenvalue weighted by Crippen LogP contribution is -2.46. The van der Waals surface area contributed by atoms with E-state index in [4.69, 9.17) is 0 Å². The van der Waals surface area contributed by atoms with E-state index in [1.165, 1.54) is 64.7 Å². The maximum Gasteiger partial charge on any atom is 0.00501 e. The molecular formula is C16H32N2. The molecule has 1 aliphatic heterocycles. The van der Waals surface area contributed by atoms with Crippen molar-refractivity contribution in [2.75, 3.05) is 26.2 Å². The Labute approximate surface area is 114 Å². The summed E-state index contributed by atoms with van der Waals surface area (Å²) in [6.07, 6.45) is 8.59. The second-order valence-corrected chi connectivity index (χ2v) is 7.20. The Kier molecular flexibility index (Phi) is 5.08. The van der Waals surface area contributed by atoms with Crippen LogP contribution in [0.5, 0.6) is 0 Å². The molecule has 1 N–H and O–H groups in total. The molecule has 2 nitrogen and oxygen atoms in total. The second kappa shape index (κ2) is 6.38. The van der Waals surface area contributed by atoms with Crippen molar-refractivity contribution in [1.82, 2.24) is 10.2 Å². The monoisotopic (exact) mass is 252 g/mol. The number of rotatable bonds is 5. The maximum atomic E-state index is 3.72. The summed E-state index contributed by atoms with van der Waals surface area (Å²) in [5, 5.41) is 3.72. The minimum absolute atomic E-state index is 0.571. The molecule has 1 aliphatic carbocycles. The van der Waals surface area contributed by atoms with E-state index in [0.717, 1.165) is 5.92 Å². The van der Waals surface area contributed by atoms with Crippen molar-refractivity contribution in [3.8, 4) is 0 Å². The topological polar surface area (TPSA) is 15.3 Å². The number of nitrogens with zero attached hydrogens (tertiary/aromatic N) is 1. The summed E-state index contributed by atoms with van der Waals surface area (Å²) in [5.41, 5.74) is 0.571. The Hall–Kier alpha value is -0.0800. The lowest BCUT2D eigenvalue weighted by atomic mass is 9.70. The van der Waals surface area contributed by atoms with Crippen LogP contribution >= 0.6 is 0 Å². The highest BCUT2D eigenvalue weighted by Gasteiger charge is 2.36. The van der Waals surface area contributed by atoms with Crippen LogP contribution in [0.2, 0.25) is 0 Å². The quantitative estimate of drug-likeness (QED) is 0.808. The van der Waals surface area contributed by atoms with Gasteiger partial charge in [0.2, 0.25) is 0 Å². The third-order valence-electron chi connectivity index (χ3n) is 4.98. The van der Waals surface area contributed by atoms with E-state index in [0.29, 0.717) is 11.5 Å². The van der Waals surface area contributed by atoms with Crippen molar-refractivity contribution < 1.29 is 0 Å². The average molecular weight is 252 g/mol. The molecule has 0 unspecified atom stereocenters. The van der Waals surface area contributed by atoms with Crippen LogP contribution in [-0.2, 0) is 0 Å². The Bertz CT molecular complexity index is 235. The van der Waals surface area contributed by atoms with Crippen molar-refractivity contribution >= 4 is 0 Å². The van der Waals surface area contributed by atoms with E-state index in [-0.39, 0.29) is 0 Å². The zero-order chi connectivity index (χ0) is 13.0. The molecular weight excluding hydrogens is 220 g/mol. The highest BCUT2D eigenvalue weighted by Crippen LogP contribution is 2.39. The van der Waals surface area contributed by atoms with Gasteiger partial charge in [-0.05, 0) is 50.1 Å². The van der Waals surface area contributed by atoms with Crippen LogP contribution in [0.25, 0.3) is 0 Å². The fourth-order valence-electron chi connectivity index (χ4n) is 3.60. The van der Waals surface area contributed by atoms with Crippen molar-refractivity contribution in [3.05, 3.63) is 0 Å². The zero-order valence-electron chi connectivity index (χ0n) is 12.7. The standard InChI is InChI=1S/C16H32N2/c1-14(2)17-12-16(8-6-15(3)7-9-16)13-18-10-4-5-11-18/h14-15,17H,4-13H2,1-3H3. The van der Waals surface area contributed by atoms with Crippen LogP contribution in [0.1, 0.15) is 59.3 Å². The van der Waals surface area contributed by atoms with Gasteiger partial charge in [0.25, 0.3) is 0 Å². The molecule has 2 aliphatic rings. The third kappa shape index (κ3) is 3.96. The molecule has 1 saturated heterocycles. The molecule has 0 aromatic carbocycles.